The molecule has 0 bridgehead atoms. The van der Waals surface area contributed by atoms with Gasteiger partial charge in [0, 0.05) is 51.5 Å². The van der Waals surface area contributed by atoms with E-state index in [1.54, 1.807) is 13.3 Å². The second-order valence-corrected chi connectivity index (χ2v) is 7.31. The lowest BCUT2D eigenvalue weighted by molar-refractivity contribution is 0.0536. The van der Waals surface area contributed by atoms with Gasteiger partial charge in [-0.2, -0.15) is 0 Å². The molecular weight excluding hydrogens is 380 g/mol. The van der Waals surface area contributed by atoms with Crippen LogP contribution in [0.25, 0.3) is 0 Å². The normalized spacial score (nSPS) is 16.7. The van der Waals surface area contributed by atoms with Crippen molar-refractivity contribution in [3.8, 4) is 5.88 Å². The zero-order valence-corrected chi connectivity index (χ0v) is 17.9. The summed E-state index contributed by atoms with van der Waals surface area (Å²) in [6.45, 7) is 5.06. The molecule has 1 unspecified atom stereocenters. The maximum Gasteiger partial charge on any atom is 0.218 e. The minimum absolute atomic E-state index is 0.496. The van der Waals surface area contributed by atoms with Crippen LogP contribution in [0, 0.1) is 5.92 Å². The molecular formula is C23H32N4O3. The first-order chi connectivity index (χ1) is 14.8. The number of nitrogens with one attached hydrogen (secondary N) is 1. The third-order valence-electron chi connectivity index (χ3n) is 5.09. The van der Waals surface area contributed by atoms with Gasteiger partial charge in [-0.1, -0.05) is 36.4 Å². The van der Waals surface area contributed by atoms with Gasteiger partial charge in [-0.15, -0.1) is 0 Å². The molecule has 162 valence electrons. The maximum atomic E-state index is 5.96. The third kappa shape index (κ3) is 6.71. The average molecular weight is 413 g/mol. The number of methoxy groups -OCH3 is 1. The van der Waals surface area contributed by atoms with Gasteiger partial charge in [-0.25, -0.2) is 4.98 Å². The minimum Gasteiger partial charge on any atom is -0.473 e. The van der Waals surface area contributed by atoms with Crippen LogP contribution >= 0.6 is 0 Å². The molecule has 0 spiro atoms. The highest BCUT2D eigenvalue weighted by atomic mass is 16.5. The number of benzene rings is 1. The Balaban J connectivity index is 1.49. The van der Waals surface area contributed by atoms with Crippen molar-refractivity contribution < 1.29 is 14.2 Å². The summed E-state index contributed by atoms with van der Waals surface area (Å²) in [7, 11) is 3.51. The van der Waals surface area contributed by atoms with Crippen molar-refractivity contribution in [3.05, 3.63) is 59.8 Å². The summed E-state index contributed by atoms with van der Waals surface area (Å²) in [4.78, 5) is 11.2. The van der Waals surface area contributed by atoms with Crippen molar-refractivity contribution in [1.29, 1.82) is 0 Å². The van der Waals surface area contributed by atoms with Crippen LogP contribution < -0.4 is 10.1 Å². The van der Waals surface area contributed by atoms with E-state index in [0.29, 0.717) is 38.2 Å². The second-order valence-electron chi connectivity index (χ2n) is 7.31. The number of pyridine rings is 1. The van der Waals surface area contributed by atoms with Gasteiger partial charge in [0.1, 0.15) is 6.61 Å². The van der Waals surface area contributed by atoms with E-state index in [-0.39, 0.29) is 0 Å². The average Bonchev–Trinajstić information content (AvgIpc) is 3.26. The van der Waals surface area contributed by atoms with Gasteiger partial charge in [0.15, 0.2) is 5.96 Å². The van der Waals surface area contributed by atoms with Crippen LogP contribution in [0.2, 0.25) is 0 Å². The number of hydrogen-bond donors (Lipinski definition) is 1. The topological polar surface area (TPSA) is 68.2 Å². The molecule has 1 aliphatic rings. The number of nitrogens with zero attached hydrogens (tertiary/aromatic N) is 3. The minimum atomic E-state index is 0.496. The Morgan fingerprint density at radius 1 is 1.20 bits per heavy atom. The molecule has 1 aromatic heterocycles. The summed E-state index contributed by atoms with van der Waals surface area (Å²) in [5.74, 6) is 2.06. The molecule has 7 heteroatoms. The van der Waals surface area contributed by atoms with Crippen LogP contribution in [0.15, 0.2) is 53.7 Å². The van der Waals surface area contributed by atoms with E-state index in [1.165, 1.54) is 0 Å². The van der Waals surface area contributed by atoms with Crippen molar-refractivity contribution in [2.75, 3.05) is 47.1 Å². The number of guanidine groups is 1. The summed E-state index contributed by atoms with van der Waals surface area (Å²) in [5, 5.41) is 3.46. The maximum absolute atomic E-state index is 5.96. The lowest BCUT2D eigenvalue weighted by Gasteiger charge is -2.22. The molecule has 0 saturated carbocycles. The number of rotatable bonds is 10. The summed E-state index contributed by atoms with van der Waals surface area (Å²) >= 11 is 0. The van der Waals surface area contributed by atoms with Crippen LogP contribution in [-0.2, 0) is 22.6 Å². The van der Waals surface area contributed by atoms with Crippen LogP contribution in [0.5, 0.6) is 5.88 Å². The van der Waals surface area contributed by atoms with E-state index in [0.717, 1.165) is 43.2 Å². The fraction of sp³-hybridized carbons (Fsp3) is 0.478. The second kappa shape index (κ2) is 12.1. The van der Waals surface area contributed by atoms with Gasteiger partial charge in [0.25, 0.3) is 0 Å². The summed E-state index contributed by atoms with van der Waals surface area (Å²) in [6.07, 6.45) is 2.86. The standard InChI is InChI=1S/C23H32N4O3/c1-24-23(27-12-10-20(16-27)17-29-14-13-28-2)26-15-21-9-6-11-25-22(21)30-18-19-7-4-3-5-8-19/h3-9,11,20H,10,12-18H2,1-2H3,(H,24,26). The van der Waals surface area contributed by atoms with Gasteiger partial charge in [-0.05, 0) is 18.1 Å². The number of ether oxygens (including phenoxy) is 3. The molecule has 1 atom stereocenters. The van der Waals surface area contributed by atoms with E-state index < -0.39 is 0 Å². The first-order valence-corrected chi connectivity index (χ1v) is 10.4. The third-order valence-corrected chi connectivity index (χ3v) is 5.09. The van der Waals surface area contributed by atoms with E-state index in [1.807, 2.05) is 49.5 Å². The predicted octanol–water partition coefficient (Wildman–Crippen LogP) is 2.72. The summed E-state index contributed by atoms with van der Waals surface area (Å²) < 4.78 is 16.7. The monoisotopic (exact) mass is 412 g/mol. The highest BCUT2D eigenvalue weighted by Crippen LogP contribution is 2.18. The Labute approximate surface area is 179 Å². The van der Waals surface area contributed by atoms with Crippen molar-refractivity contribution in [3.63, 3.8) is 0 Å². The smallest absolute Gasteiger partial charge is 0.218 e. The fourth-order valence-electron chi connectivity index (χ4n) is 3.47. The predicted molar refractivity (Wildman–Crippen MR) is 118 cm³/mol. The van der Waals surface area contributed by atoms with Crippen LogP contribution in [0.4, 0.5) is 0 Å². The van der Waals surface area contributed by atoms with E-state index in [2.05, 4.69) is 20.2 Å². The summed E-state index contributed by atoms with van der Waals surface area (Å²) in [5.41, 5.74) is 2.13. The van der Waals surface area contributed by atoms with Crippen LogP contribution in [0.3, 0.4) is 0 Å². The molecule has 1 aliphatic heterocycles. The first-order valence-electron chi connectivity index (χ1n) is 10.4. The van der Waals surface area contributed by atoms with Crippen molar-refractivity contribution in [1.82, 2.24) is 15.2 Å². The lowest BCUT2D eigenvalue weighted by Crippen LogP contribution is -2.40. The van der Waals surface area contributed by atoms with E-state index >= 15 is 0 Å². The number of likely N-dealkylation sites (tertiary alicyclic amines) is 1. The number of aliphatic imine (C=N–C) groups is 1. The zero-order chi connectivity index (χ0) is 21.0. The Bertz CT molecular complexity index is 785. The van der Waals surface area contributed by atoms with Crippen LogP contribution in [0.1, 0.15) is 17.5 Å². The fourth-order valence-corrected chi connectivity index (χ4v) is 3.47. The van der Waals surface area contributed by atoms with Crippen molar-refractivity contribution in [2.24, 2.45) is 10.9 Å². The zero-order valence-electron chi connectivity index (χ0n) is 17.9. The van der Waals surface area contributed by atoms with Crippen LogP contribution in [-0.4, -0.2) is 62.9 Å². The van der Waals surface area contributed by atoms with Crippen molar-refractivity contribution in [2.45, 2.75) is 19.6 Å². The molecule has 2 heterocycles. The molecule has 0 aliphatic carbocycles. The van der Waals surface area contributed by atoms with Gasteiger partial charge < -0.3 is 24.4 Å². The Kier molecular flexibility index (Phi) is 8.93. The lowest BCUT2D eigenvalue weighted by atomic mass is 10.1. The van der Waals surface area contributed by atoms with Gasteiger partial charge in [0.05, 0.1) is 19.8 Å². The molecule has 1 N–H and O–H groups in total. The molecule has 3 rings (SSSR count). The molecule has 1 aromatic carbocycles. The SMILES string of the molecule is CN=C(NCc1cccnc1OCc1ccccc1)N1CCC(COCCOC)C1. The molecule has 2 aromatic rings. The molecule has 0 radical (unpaired) electrons. The molecule has 1 saturated heterocycles. The Morgan fingerprint density at radius 3 is 2.87 bits per heavy atom. The quantitative estimate of drug-likeness (QED) is 0.368. The first kappa shape index (κ1) is 22.1. The molecule has 1 fully saturated rings. The Hall–Kier alpha value is -2.64. The molecule has 7 nitrogen and oxygen atoms in total. The number of aromatic nitrogens is 1. The number of hydrogen-bond acceptors (Lipinski definition) is 5. The van der Waals surface area contributed by atoms with Crippen molar-refractivity contribution >= 4 is 5.96 Å². The Morgan fingerprint density at radius 2 is 2.07 bits per heavy atom. The van der Waals surface area contributed by atoms with Gasteiger partial charge in [0.2, 0.25) is 5.88 Å². The van der Waals surface area contributed by atoms with E-state index in [4.69, 9.17) is 14.2 Å². The van der Waals surface area contributed by atoms with Gasteiger partial charge in [-0.3, -0.25) is 4.99 Å². The molecule has 0 amide bonds. The highest BCUT2D eigenvalue weighted by molar-refractivity contribution is 5.80. The summed E-state index contributed by atoms with van der Waals surface area (Å²) in [6, 6.07) is 14.1. The van der Waals surface area contributed by atoms with Gasteiger partial charge >= 0.3 is 0 Å². The van der Waals surface area contributed by atoms with E-state index in [9.17, 15) is 0 Å². The largest absolute Gasteiger partial charge is 0.473 e. The molecule has 30 heavy (non-hydrogen) atoms. The highest BCUT2D eigenvalue weighted by Gasteiger charge is 2.25.